The van der Waals surface area contributed by atoms with Crippen molar-refractivity contribution >= 4 is 15.9 Å². The van der Waals surface area contributed by atoms with Crippen LogP contribution in [0.2, 0.25) is 0 Å². The molecule has 0 spiro atoms. The normalized spacial score (nSPS) is 11.3. The first kappa shape index (κ1) is 17.4. The molecule has 0 aliphatic heterocycles. The monoisotopic (exact) mass is 312 g/mol. The molecule has 0 aliphatic rings. The summed E-state index contributed by atoms with van der Waals surface area (Å²) in [5.74, 6) is -0.784. The summed E-state index contributed by atoms with van der Waals surface area (Å²) in [6.45, 7) is 5.14. The molecule has 1 aromatic carbocycles. The van der Waals surface area contributed by atoms with Crippen LogP contribution in [0.1, 0.15) is 19.4 Å². The van der Waals surface area contributed by atoms with E-state index >= 15 is 0 Å². The summed E-state index contributed by atoms with van der Waals surface area (Å²) in [6, 6.07) is 6.38. The summed E-state index contributed by atoms with van der Waals surface area (Å²) in [6.07, 6.45) is 1.70. The first-order valence-corrected chi connectivity index (χ1v) is 7.84. The Hall–Kier alpha value is -1.70. The van der Waals surface area contributed by atoms with Crippen LogP contribution >= 0.6 is 0 Å². The van der Waals surface area contributed by atoms with Crippen LogP contribution in [0, 0.1) is 6.92 Å². The van der Waals surface area contributed by atoms with Crippen molar-refractivity contribution in [1.82, 2.24) is 9.79 Å². The lowest BCUT2D eigenvalue weighted by molar-refractivity contribution is -0.129. The van der Waals surface area contributed by atoms with E-state index in [9.17, 15) is 13.2 Å². The molecular formula is C14H20N2O4S. The highest BCUT2D eigenvalue weighted by molar-refractivity contribution is 7.89. The summed E-state index contributed by atoms with van der Waals surface area (Å²) < 4.78 is 26.1. The topological polar surface area (TPSA) is 86.7 Å². The van der Waals surface area contributed by atoms with Crippen molar-refractivity contribution in [2.24, 2.45) is 0 Å². The zero-order valence-corrected chi connectivity index (χ0v) is 13.1. The van der Waals surface area contributed by atoms with Crippen LogP contribution < -0.4 is 5.48 Å². The average molecular weight is 312 g/mol. The van der Waals surface area contributed by atoms with Crippen molar-refractivity contribution in [2.75, 3.05) is 13.1 Å². The van der Waals surface area contributed by atoms with Gasteiger partial charge in [-0.15, -0.1) is 0 Å². The van der Waals surface area contributed by atoms with Crippen LogP contribution in [0.15, 0.2) is 40.8 Å². The van der Waals surface area contributed by atoms with E-state index in [2.05, 4.69) is 0 Å². The van der Waals surface area contributed by atoms with Gasteiger partial charge in [0.05, 0.1) is 11.4 Å². The molecule has 0 bridgehead atoms. The Balaban J connectivity index is 3.12. The van der Waals surface area contributed by atoms with Crippen molar-refractivity contribution in [3.05, 3.63) is 41.5 Å². The van der Waals surface area contributed by atoms with Gasteiger partial charge in [-0.25, -0.2) is 13.9 Å². The zero-order valence-electron chi connectivity index (χ0n) is 12.3. The number of allylic oxidation sites excluding steroid dienone is 1. The molecule has 0 aromatic heterocycles. The second-order valence-corrected chi connectivity index (χ2v) is 6.87. The number of nitrogens with one attached hydrogen (secondary N) is 1. The standard InChI is InChI=1S/C14H20N2O4S/c1-11(2)8-9-16(10-14(17)15-18)21(19,20)13-6-4-12(3)5-7-13/h4-8,18H,9-10H2,1-3H3,(H,15,17). The highest BCUT2D eigenvalue weighted by Gasteiger charge is 2.25. The predicted molar refractivity (Wildman–Crippen MR) is 79.3 cm³/mol. The Morgan fingerprint density at radius 1 is 1.29 bits per heavy atom. The highest BCUT2D eigenvalue weighted by atomic mass is 32.2. The highest BCUT2D eigenvalue weighted by Crippen LogP contribution is 2.16. The van der Waals surface area contributed by atoms with E-state index in [1.54, 1.807) is 18.2 Å². The fourth-order valence-corrected chi connectivity index (χ4v) is 2.92. The van der Waals surface area contributed by atoms with E-state index in [4.69, 9.17) is 5.21 Å². The molecule has 0 unspecified atom stereocenters. The number of amides is 1. The first-order valence-electron chi connectivity index (χ1n) is 6.40. The lowest BCUT2D eigenvalue weighted by atomic mass is 10.2. The van der Waals surface area contributed by atoms with Crippen LogP contribution in [-0.4, -0.2) is 36.9 Å². The van der Waals surface area contributed by atoms with Gasteiger partial charge in [-0.2, -0.15) is 4.31 Å². The van der Waals surface area contributed by atoms with Crippen molar-refractivity contribution in [3.63, 3.8) is 0 Å². The van der Waals surface area contributed by atoms with E-state index < -0.39 is 22.5 Å². The first-order chi connectivity index (χ1) is 9.77. The Kier molecular flexibility index (Phi) is 6.07. The van der Waals surface area contributed by atoms with Gasteiger partial charge in [0.2, 0.25) is 10.0 Å². The molecule has 1 amide bonds. The minimum atomic E-state index is -3.80. The Morgan fingerprint density at radius 2 is 1.86 bits per heavy atom. The average Bonchev–Trinajstić information content (AvgIpc) is 2.43. The van der Waals surface area contributed by atoms with Crippen molar-refractivity contribution in [3.8, 4) is 0 Å². The lowest BCUT2D eigenvalue weighted by Crippen LogP contribution is -2.40. The number of nitrogens with zero attached hydrogens (tertiary/aromatic N) is 1. The van der Waals surface area contributed by atoms with Gasteiger partial charge < -0.3 is 0 Å². The van der Waals surface area contributed by atoms with Crippen molar-refractivity contribution < 1.29 is 18.4 Å². The van der Waals surface area contributed by atoms with E-state index in [-0.39, 0.29) is 11.4 Å². The van der Waals surface area contributed by atoms with E-state index in [1.807, 2.05) is 20.8 Å². The zero-order chi connectivity index (χ0) is 16.0. The SMILES string of the molecule is CC(C)=CCN(CC(=O)NO)S(=O)(=O)c1ccc(C)cc1. The molecule has 0 heterocycles. The van der Waals surface area contributed by atoms with Crippen molar-refractivity contribution in [2.45, 2.75) is 25.7 Å². The number of hydroxylamine groups is 1. The number of aryl methyl sites for hydroxylation is 1. The molecule has 1 aromatic rings. The number of carbonyl (C=O) groups is 1. The van der Waals surface area contributed by atoms with Crippen LogP contribution in [0.5, 0.6) is 0 Å². The Morgan fingerprint density at radius 3 is 2.33 bits per heavy atom. The molecule has 6 nitrogen and oxygen atoms in total. The molecule has 2 N–H and O–H groups in total. The number of carbonyl (C=O) groups excluding carboxylic acids is 1. The van der Waals surface area contributed by atoms with Crippen LogP contribution in [-0.2, 0) is 14.8 Å². The second kappa shape index (κ2) is 7.35. The summed E-state index contributed by atoms with van der Waals surface area (Å²) in [5, 5.41) is 8.60. The maximum absolute atomic E-state index is 12.5. The molecule has 1 rings (SSSR count). The summed E-state index contributed by atoms with van der Waals surface area (Å²) in [7, 11) is -3.80. The molecule has 0 saturated heterocycles. The molecule has 21 heavy (non-hydrogen) atoms. The molecule has 0 saturated carbocycles. The molecule has 0 atom stereocenters. The van der Waals surface area contributed by atoms with Crippen molar-refractivity contribution in [1.29, 1.82) is 0 Å². The minimum absolute atomic E-state index is 0.0615. The quantitative estimate of drug-likeness (QED) is 0.473. The summed E-state index contributed by atoms with van der Waals surface area (Å²) in [4.78, 5) is 11.4. The number of hydrogen-bond donors (Lipinski definition) is 2. The lowest BCUT2D eigenvalue weighted by Gasteiger charge is -2.20. The van der Waals surface area contributed by atoms with Gasteiger partial charge in [-0.1, -0.05) is 29.3 Å². The second-order valence-electron chi connectivity index (χ2n) is 4.93. The fraction of sp³-hybridized carbons (Fsp3) is 0.357. The fourth-order valence-electron chi connectivity index (χ4n) is 1.59. The molecule has 0 fully saturated rings. The maximum Gasteiger partial charge on any atom is 0.258 e. The van der Waals surface area contributed by atoms with Gasteiger partial charge in [-0.05, 0) is 32.9 Å². The summed E-state index contributed by atoms with van der Waals surface area (Å²) in [5.41, 5.74) is 3.33. The number of benzene rings is 1. The van der Waals surface area contributed by atoms with E-state index in [1.165, 1.54) is 17.6 Å². The van der Waals surface area contributed by atoms with Gasteiger partial charge in [0, 0.05) is 6.54 Å². The number of hydrogen-bond acceptors (Lipinski definition) is 4. The van der Waals surface area contributed by atoms with Gasteiger partial charge in [-0.3, -0.25) is 10.0 Å². The molecule has 116 valence electrons. The van der Waals surface area contributed by atoms with Crippen LogP contribution in [0.25, 0.3) is 0 Å². The Labute approximate surface area is 125 Å². The minimum Gasteiger partial charge on any atom is -0.289 e. The third-order valence-electron chi connectivity index (χ3n) is 2.81. The molecule has 7 heteroatoms. The molecule has 0 aliphatic carbocycles. The molecular weight excluding hydrogens is 292 g/mol. The third kappa shape index (κ3) is 4.96. The van der Waals surface area contributed by atoms with Crippen LogP contribution in [0.3, 0.4) is 0 Å². The summed E-state index contributed by atoms with van der Waals surface area (Å²) >= 11 is 0. The third-order valence-corrected chi connectivity index (χ3v) is 4.63. The number of sulfonamides is 1. The van der Waals surface area contributed by atoms with Gasteiger partial charge in [0.25, 0.3) is 5.91 Å². The van der Waals surface area contributed by atoms with Gasteiger partial charge in [0.1, 0.15) is 0 Å². The van der Waals surface area contributed by atoms with Crippen LogP contribution in [0.4, 0.5) is 0 Å². The largest absolute Gasteiger partial charge is 0.289 e. The Bertz CT molecular complexity index is 617. The van der Waals surface area contributed by atoms with Gasteiger partial charge in [0.15, 0.2) is 0 Å². The van der Waals surface area contributed by atoms with Gasteiger partial charge >= 0.3 is 0 Å². The molecule has 0 radical (unpaired) electrons. The van der Waals surface area contributed by atoms with E-state index in [0.717, 1.165) is 15.4 Å². The number of rotatable bonds is 6. The van der Waals surface area contributed by atoms with E-state index in [0.29, 0.717) is 0 Å². The predicted octanol–water partition coefficient (Wildman–Crippen LogP) is 1.46. The smallest absolute Gasteiger partial charge is 0.258 e. The maximum atomic E-state index is 12.5.